The van der Waals surface area contributed by atoms with E-state index in [0.29, 0.717) is 12.6 Å². The topological polar surface area (TPSA) is 35.5 Å². The second-order valence-electron chi connectivity index (χ2n) is 4.68. The molecule has 2 rings (SSSR count). The van der Waals surface area contributed by atoms with Crippen molar-refractivity contribution in [2.24, 2.45) is 0 Å². The Bertz CT molecular complexity index is 198. The molecule has 0 aromatic heterocycles. The molecule has 3 heteroatoms. The number of aliphatic hydroxyl groups is 1. The van der Waals surface area contributed by atoms with E-state index in [1.165, 1.54) is 38.8 Å². The highest BCUT2D eigenvalue weighted by atomic mass is 16.3. The summed E-state index contributed by atoms with van der Waals surface area (Å²) in [6, 6.07) is 0.674. The van der Waals surface area contributed by atoms with Crippen molar-refractivity contribution in [3.05, 3.63) is 0 Å². The Morgan fingerprint density at radius 2 is 2.29 bits per heavy atom. The molecule has 0 aromatic carbocycles. The van der Waals surface area contributed by atoms with Crippen LogP contribution < -0.4 is 5.32 Å². The quantitative estimate of drug-likeness (QED) is 0.696. The van der Waals surface area contributed by atoms with Crippen LogP contribution in [0.4, 0.5) is 0 Å². The van der Waals surface area contributed by atoms with Gasteiger partial charge in [-0.15, -0.1) is 0 Å². The van der Waals surface area contributed by atoms with Crippen molar-refractivity contribution in [2.75, 3.05) is 26.7 Å². The molecule has 2 heterocycles. The fraction of sp³-hybridized carbons (Fsp3) is 1.00. The van der Waals surface area contributed by atoms with Crippen LogP contribution in [0.2, 0.25) is 0 Å². The highest BCUT2D eigenvalue weighted by Gasteiger charge is 2.46. The second-order valence-corrected chi connectivity index (χ2v) is 4.68. The lowest BCUT2D eigenvalue weighted by Crippen LogP contribution is -2.55. The largest absolute Gasteiger partial charge is 0.396 e. The molecule has 2 fully saturated rings. The van der Waals surface area contributed by atoms with Gasteiger partial charge in [0.15, 0.2) is 0 Å². The third kappa shape index (κ3) is 1.58. The van der Waals surface area contributed by atoms with Crippen LogP contribution in [0, 0.1) is 0 Å². The molecule has 82 valence electrons. The maximum absolute atomic E-state index is 9.15. The molecule has 0 amide bonds. The van der Waals surface area contributed by atoms with E-state index in [0.717, 1.165) is 6.42 Å². The van der Waals surface area contributed by atoms with Crippen molar-refractivity contribution in [1.29, 1.82) is 0 Å². The molecule has 0 spiro atoms. The lowest BCUT2D eigenvalue weighted by Gasteiger charge is -2.40. The van der Waals surface area contributed by atoms with E-state index in [-0.39, 0.29) is 5.54 Å². The van der Waals surface area contributed by atoms with Crippen LogP contribution in [0.5, 0.6) is 0 Å². The van der Waals surface area contributed by atoms with Crippen molar-refractivity contribution < 1.29 is 5.11 Å². The van der Waals surface area contributed by atoms with Crippen molar-refractivity contribution >= 4 is 0 Å². The summed E-state index contributed by atoms with van der Waals surface area (Å²) in [4.78, 5) is 2.61. The molecule has 2 aliphatic rings. The Balaban J connectivity index is 2.10. The Morgan fingerprint density at radius 3 is 3.00 bits per heavy atom. The maximum Gasteiger partial charge on any atom is 0.0449 e. The average Bonchev–Trinajstić information content (AvgIpc) is 2.59. The predicted molar refractivity (Wildman–Crippen MR) is 57.3 cm³/mol. The number of aliphatic hydroxyl groups excluding tert-OH is 1. The number of piperidine rings is 1. The predicted octanol–water partition coefficient (Wildman–Crippen LogP) is 0.585. The van der Waals surface area contributed by atoms with Gasteiger partial charge < -0.3 is 10.4 Å². The normalized spacial score (nSPS) is 38.6. The molecule has 2 atom stereocenters. The minimum absolute atomic E-state index is 0.204. The van der Waals surface area contributed by atoms with Crippen LogP contribution >= 0.6 is 0 Å². The highest BCUT2D eigenvalue weighted by molar-refractivity contribution is 5.05. The summed E-state index contributed by atoms with van der Waals surface area (Å²) in [5.41, 5.74) is 0.204. The molecule has 2 N–H and O–H groups in total. The van der Waals surface area contributed by atoms with Crippen molar-refractivity contribution in [3.63, 3.8) is 0 Å². The Hall–Kier alpha value is -0.120. The van der Waals surface area contributed by atoms with Crippen molar-refractivity contribution in [1.82, 2.24) is 10.2 Å². The summed E-state index contributed by atoms with van der Waals surface area (Å²) in [6.07, 6.45) is 6.13. The van der Waals surface area contributed by atoms with Crippen LogP contribution in [-0.4, -0.2) is 48.3 Å². The number of fused-ring (bicyclic) bond motifs is 1. The third-order valence-electron chi connectivity index (χ3n) is 4.15. The first-order valence-electron chi connectivity index (χ1n) is 5.86. The number of rotatable bonds is 3. The second kappa shape index (κ2) is 4.17. The van der Waals surface area contributed by atoms with Gasteiger partial charge in [0, 0.05) is 24.7 Å². The van der Waals surface area contributed by atoms with E-state index in [2.05, 4.69) is 10.2 Å². The standard InChI is InChI=1S/C11H22N2O/c1-12-11(6-9-14)5-8-13-7-3-2-4-10(11)13/h10,12,14H,2-9H2,1H3. The van der Waals surface area contributed by atoms with Gasteiger partial charge in [0.1, 0.15) is 0 Å². The molecule has 0 saturated carbocycles. The number of nitrogens with zero attached hydrogens (tertiary/aromatic N) is 1. The van der Waals surface area contributed by atoms with Gasteiger partial charge in [0.25, 0.3) is 0 Å². The van der Waals surface area contributed by atoms with E-state index in [1.807, 2.05) is 7.05 Å². The van der Waals surface area contributed by atoms with Gasteiger partial charge in [-0.25, -0.2) is 0 Å². The van der Waals surface area contributed by atoms with Gasteiger partial charge in [-0.1, -0.05) is 6.42 Å². The van der Waals surface area contributed by atoms with Gasteiger partial charge in [0.05, 0.1) is 0 Å². The number of nitrogens with one attached hydrogen (secondary N) is 1. The molecule has 2 aliphatic heterocycles. The molecular formula is C11H22N2O. The molecule has 3 nitrogen and oxygen atoms in total. The van der Waals surface area contributed by atoms with Crippen LogP contribution in [0.25, 0.3) is 0 Å². The molecule has 2 saturated heterocycles. The van der Waals surface area contributed by atoms with Crippen molar-refractivity contribution in [3.8, 4) is 0 Å². The maximum atomic E-state index is 9.15. The first kappa shape index (κ1) is 10.4. The number of likely N-dealkylation sites (N-methyl/N-ethyl adjacent to an activating group) is 1. The number of hydrogen-bond acceptors (Lipinski definition) is 3. The smallest absolute Gasteiger partial charge is 0.0449 e. The fourth-order valence-electron chi connectivity index (χ4n) is 3.30. The molecular weight excluding hydrogens is 176 g/mol. The average molecular weight is 198 g/mol. The van der Waals surface area contributed by atoms with E-state index < -0.39 is 0 Å². The summed E-state index contributed by atoms with van der Waals surface area (Å²) in [6.45, 7) is 2.79. The van der Waals surface area contributed by atoms with E-state index in [1.54, 1.807) is 0 Å². The van der Waals surface area contributed by atoms with E-state index in [9.17, 15) is 0 Å². The van der Waals surface area contributed by atoms with Crippen LogP contribution in [0.15, 0.2) is 0 Å². The summed E-state index contributed by atoms with van der Waals surface area (Å²) in [7, 11) is 2.05. The zero-order valence-electron chi connectivity index (χ0n) is 9.13. The van der Waals surface area contributed by atoms with Crippen molar-refractivity contribution in [2.45, 2.75) is 43.7 Å². The van der Waals surface area contributed by atoms with E-state index in [4.69, 9.17) is 5.11 Å². The number of hydrogen-bond donors (Lipinski definition) is 2. The summed E-state index contributed by atoms with van der Waals surface area (Å²) in [5.74, 6) is 0. The Labute approximate surface area is 86.5 Å². The highest BCUT2D eigenvalue weighted by Crippen LogP contribution is 2.36. The minimum atomic E-state index is 0.204. The third-order valence-corrected chi connectivity index (χ3v) is 4.15. The first-order chi connectivity index (χ1) is 6.82. The van der Waals surface area contributed by atoms with Gasteiger partial charge in [-0.3, -0.25) is 4.90 Å². The zero-order valence-corrected chi connectivity index (χ0v) is 9.13. The Kier molecular flexibility index (Phi) is 3.10. The lowest BCUT2D eigenvalue weighted by molar-refractivity contribution is 0.120. The van der Waals surface area contributed by atoms with Gasteiger partial charge in [0.2, 0.25) is 0 Å². The molecule has 0 aromatic rings. The van der Waals surface area contributed by atoms with Gasteiger partial charge in [-0.2, -0.15) is 0 Å². The first-order valence-corrected chi connectivity index (χ1v) is 5.86. The molecule has 0 bridgehead atoms. The SMILES string of the molecule is CNC1(CCO)CCN2CCCCC21. The summed E-state index contributed by atoms with van der Waals surface area (Å²) in [5, 5.41) is 12.6. The van der Waals surface area contributed by atoms with Crippen LogP contribution in [0.1, 0.15) is 32.1 Å². The molecule has 14 heavy (non-hydrogen) atoms. The Morgan fingerprint density at radius 1 is 1.43 bits per heavy atom. The monoisotopic (exact) mass is 198 g/mol. The summed E-state index contributed by atoms with van der Waals surface area (Å²) < 4.78 is 0. The summed E-state index contributed by atoms with van der Waals surface area (Å²) >= 11 is 0. The van der Waals surface area contributed by atoms with Crippen LogP contribution in [-0.2, 0) is 0 Å². The molecule has 0 aliphatic carbocycles. The minimum Gasteiger partial charge on any atom is -0.396 e. The molecule has 0 radical (unpaired) electrons. The molecule has 2 unspecified atom stereocenters. The zero-order chi connectivity index (χ0) is 10.0. The van der Waals surface area contributed by atoms with Crippen LogP contribution in [0.3, 0.4) is 0 Å². The van der Waals surface area contributed by atoms with Gasteiger partial charge in [-0.05, 0) is 39.3 Å². The fourth-order valence-corrected chi connectivity index (χ4v) is 3.30. The van der Waals surface area contributed by atoms with E-state index >= 15 is 0 Å². The van der Waals surface area contributed by atoms with Gasteiger partial charge >= 0.3 is 0 Å². The lowest BCUT2D eigenvalue weighted by atomic mass is 9.83.